The molecule has 3 rings (SSSR count). The second-order valence-corrected chi connectivity index (χ2v) is 8.12. The Bertz CT molecular complexity index is 420. The van der Waals surface area contributed by atoms with Crippen LogP contribution in [0.5, 0.6) is 0 Å². The highest BCUT2D eigenvalue weighted by Crippen LogP contribution is 2.40. The number of rotatable bonds is 4. The standard InChI is InChI=1S/C17H27NOS/c1-16(2,15-6-5-11-20-15)13-18-14-7-10-19-17(12-14)8-3-4-9-17/h5-6,11,14,18H,3-4,7-10,12-13H2,1-2H3. The summed E-state index contributed by atoms with van der Waals surface area (Å²) >= 11 is 1.87. The number of nitrogens with one attached hydrogen (secondary N) is 1. The summed E-state index contributed by atoms with van der Waals surface area (Å²) in [6, 6.07) is 5.06. The Hall–Kier alpha value is -0.380. The molecule has 20 heavy (non-hydrogen) atoms. The lowest BCUT2D eigenvalue weighted by molar-refractivity contribution is -0.0839. The van der Waals surface area contributed by atoms with Gasteiger partial charge >= 0.3 is 0 Å². The van der Waals surface area contributed by atoms with E-state index in [1.807, 2.05) is 11.3 Å². The highest BCUT2D eigenvalue weighted by atomic mass is 32.1. The van der Waals surface area contributed by atoms with Crippen LogP contribution in [0.25, 0.3) is 0 Å². The third kappa shape index (κ3) is 3.10. The molecule has 2 aliphatic rings. The van der Waals surface area contributed by atoms with E-state index in [-0.39, 0.29) is 11.0 Å². The molecule has 1 spiro atoms. The van der Waals surface area contributed by atoms with Gasteiger partial charge in [-0.1, -0.05) is 32.8 Å². The van der Waals surface area contributed by atoms with Crippen LogP contribution in [0, 0.1) is 0 Å². The van der Waals surface area contributed by atoms with Crippen molar-refractivity contribution < 1.29 is 4.74 Å². The highest BCUT2D eigenvalue weighted by Gasteiger charge is 2.40. The molecule has 2 nitrogen and oxygen atoms in total. The average Bonchev–Trinajstić information content (AvgIpc) is 3.09. The lowest BCUT2D eigenvalue weighted by Crippen LogP contribution is -2.48. The van der Waals surface area contributed by atoms with E-state index in [1.54, 1.807) is 0 Å². The maximum Gasteiger partial charge on any atom is 0.0697 e. The Morgan fingerprint density at radius 1 is 1.40 bits per heavy atom. The van der Waals surface area contributed by atoms with Gasteiger partial charge < -0.3 is 10.1 Å². The summed E-state index contributed by atoms with van der Waals surface area (Å²) in [4.78, 5) is 1.48. The first kappa shape index (κ1) is 14.6. The molecule has 1 saturated carbocycles. The van der Waals surface area contributed by atoms with Gasteiger partial charge in [0.2, 0.25) is 0 Å². The molecule has 3 heteroatoms. The van der Waals surface area contributed by atoms with Crippen molar-refractivity contribution in [2.75, 3.05) is 13.2 Å². The van der Waals surface area contributed by atoms with E-state index in [9.17, 15) is 0 Å². The highest BCUT2D eigenvalue weighted by molar-refractivity contribution is 7.10. The molecule has 1 N–H and O–H groups in total. The van der Waals surface area contributed by atoms with Crippen LogP contribution in [0.1, 0.15) is 57.2 Å². The maximum absolute atomic E-state index is 6.12. The third-order valence-corrected chi connectivity index (χ3v) is 6.26. The van der Waals surface area contributed by atoms with Gasteiger partial charge in [-0.2, -0.15) is 0 Å². The van der Waals surface area contributed by atoms with Crippen LogP contribution < -0.4 is 5.32 Å². The van der Waals surface area contributed by atoms with Gasteiger partial charge in [0.15, 0.2) is 0 Å². The topological polar surface area (TPSA) is 21.3 Å². The van der Waals surface area contributed by atoms with Crippen LogP contribution in [0.4, 0.5) is 0 Å². The van der Waals surface area contributed by atoms with Crippen molar-refractivity contribution in [1.29, 1.82) is 0 Å². The van der Waals surface area contributed by atoms with Crippen molar-refractivity contribution in [3.05, 3.63) is 22.4 Å². The molecule has 0 aromatic carbocycles. The number of ether oxygens (including phenoxy) is 1. The quantitative estimate of drug-likeness (QED) is 0.902. The largest absolute Gasteiger partial charge is 0.375 e. The monoisotopic (exact) mass is 293 g/mol. The Morgan fingerprint density at radius 3 is 2.90 bits per heavy atom. The molecule has 2 fully saturated rings. The second kappa shape index (κ2) is 5.78. The molecule has 2 heterocycles. The molecule has 1 unspecified atom stereocenters. The van der Waals surface area contributed by atoms with E-state index in [2.05, 4.69) is 36.7 Å². The summed E-state index contributed by atoms with van der Waals surface area (Å²) in [6.07, 6.45) is 7.65. The molecular formula is C17H27NOS. The van der Waals surface area contributed by atoms with Gasteiger partial charge in [-0.25, -0.2) is 0 Å². The molecule has 0 amide bonds. The zero-order chi connectivity index (χ0) is 14.1. The smallest absolute Gasteiger partial charge is 0.0697 e. The van der Waals surface area contributed by atoms with E-state index in [0.29, 0.717) is 6.04 Å². The summed E-state index contributed by atoms with van der Waals surface area (Å²) < 4.78 is 6.12. The van der Waals surface area contributed by atoms with E-state index in [0.717, 1.165) is 13.2 Å². The molecule has 1 aromatic heterocycles. The summed E-state index contributed by atoms with van der Waals surface area (Å²) in [5.41, 5.74) is 0.457. The van der Waals surface area contributed by atoms with E-state index >= 15 is 0 Å². The van der Waals surface area contributed by atoms with Crippen LogP contribution in [0.3, 0.4) is 0 Å². The summed E-state index contributed by atoms with van der Waals surface area (Å²) in [5.74, 6) is 0. The summed E-state index contributed by atoms with van der Waals surface area (Å²) in [7, 11) is 0. The van der Waals surface area contributed by atoms with Crippen molar-refractivity contribution in [2.24, 2.45) is 0 Å². The SMILES string of the molecule is CC(C)(CNC1CCOC2(CCCC2)C1)c1cccs1. The lowest BCUT2D eigenvalue weighted by Gasteiger charge is -2.39. The average molecular weight is 293 g/mol. The van der Waals surface area contributed by atoms with Crippen LogP contribution in [0.2, 0.25) is 0 Å². The molecule has 0 bridgehead atoms. The van der Waals surface area contributed by atoms with Crippen LogP contribution in [-0.2, 0) is 10.2 Å². The predicted molar refractivity (Wildman–Crippen MR) is 85.5 cm³/mol. The van der Waals surface area contributed by atoms with Gasteiger partial charge in [-0.15, -0.1) is 11.3 Å². The zero-order valence-electron chi connectivity index (χ0n) is 12.8. The minimum absolute atomic E-state index is 0.225. The molecule has 1 saturated heterocycles. The van der Waals surface area contributed by atoms with Gasteiger partial charge in [0, 0.05) is 29.5 Å². The number of thiophene rings is 1. The molecule has 1 aliphatic heterocycles. The van der Waals surface area contributed by atoms with Crippen LogP contribution in [-0.4, -0.2) is 24.8 Å². The van der Waals surface area contributed by atoms with Crippen molar-refractivity contribution in [1.82, 2.24) is 5.32 Å². The third-order valence-electron chi connectivity index (χ3n) is 5.03. The van der Waals surface area contributed by atoms with Gasteiger partial charge in [0.25, 0.3) is 0 Å². The van der Waals surface area contributed by atoms with Gasteiger partial charge in [0.1, 0.15) is 0 Å². The lowest BCUT2D eigenvalue weighted by atomic mass is 9.87. The minimum atomic E-state index is 0.225. The van der Waals surface area contributed by atoms with E-state index < -0.39 is 0 Å². The Balaban J connectivity index is 1.55. The molecular weight excluding hydrogens is 266 g/mol. The van der Waals surface area contributed by atoms with Crippen LogP contribution in [0.15, 0.2) is 17.5 Å². The van der Waals surface area contributed by atoms with Crippen molar-refractivity contribution in [3.63, 3.8) is 0 Å². The Labute approximate surface area is 126 Å². The van der Waals surface area contributed by atoms with Gasteiger partial charge in [-0.05, 0) is 37.1 Å². The fourth-order valence-electron chi connectivity index (χ4n) is 3.72. The Kier molecular flexibility index (Phi) is 4.21. The van der Waals surface area contributed by atoms with Crippen molar-refractivity contribution in [3.8, 4) is 0 Å². The molecule has 112 valence electrons. The minimum Gasteiger partial charge on any atom is -0.375 e. The van der Waals surface area contributed by atoms with Crippen molar-refractivity contribution in [2.45, 2.75) is 69.4 Å². The first-order valence-corrected chi connectivity index (χ1v) is 8.89. The second-order valence-electron chi connectivity index (χ2n) is 7.17. The summed E-state index contributed by atoms with van der Waals surface area (Å²) in [6.45, 7) is 6.69. The first-order valence-electron chi connectivity index (χ1n) is 8.01. The van der Waals surface area contributed by atoms with Crippen molar-refractivity contribution >= 4 is 11.3 Å². The van der Waals surface area contributed by atoms with Gasteiger partial charge in [0.05, 0.1) is 5.60 Å². The van der Waals surface area contributed by atoms with E-state index in [1.165, 1.54) is 43.4 Å². The zero-order valence-corrected chi connectivity index (χ0v) is 13.6. The first-order chi connectivity index (χ1) is 9.60. The fraction of sp³-hybridized carbons (Fsp3) is 0.765. The number of hydrogen-bond donors (Lipinski definition) is 1. The van der Waals surface area contributed by atoms with Gasteiger partial charge in [-0.3, -0.25) is 0 Å². The molecule has 1 aromatic rings. The van der Waals surface area contributed by atoms with E-state index in [4.69, 9.17) is 4.74 Å². The molecule has 1 aliphatic carbocycles. The van der Waals surface area contributed by atoms with Crippen LogP contribution >= 0.6 is 11.3 Å². The predicted octanol–water partition coefficient (Wildman–Crippen LogP) is 4.11. The fourth-order valence-corrected chi connectivity index (χ4v) is 4.57. The molecule has 1 atom stereocenters. The normalized spacial score (nSPS) is 26.2. The summed E-state index contributed by atoms with van der Waals surface area (Å²) in [5, 5.41) is 6.01. The maximum atomic E-state index is 6.12. The molecule has 0 radical (unpaired) electrons. The number of hydrogen-bond acceptors (Lipinski definition) is 3. The Morgan fingerprint density at radius 2 is 2.20 bits per heavy atom.